The van der Waals surface area contributed by atoms with Gasteiger partial charge in [-0.25, -0.2) is 0 Å². The van der Waals surface area contributed by atoms with Crippen LogP contribution >= 0.6 is 11.6 Å². The van der Waals surface area contributed by atoms with Gasteiger partial charge in [0.1, 0.15) is 0 Å². The number of ketones is 1. The van der Waals surface area contributed by atoms with Gasteiger partial charge in [-0.15, -0.1) is 0 Å². The topological polar surface area (TPSA) is 17.1 Å². The van der Waals surface area contributed by atoms with Crippen molar-refractivity contribution in [3.63, 3.8) is 0 Å². The normalized spacial score (nSPS) is 10.8. The Morgan fingerprint density at radius 2 is 1.24 bits per heavy atom. The summed E-state index contributed by atoms with van der Waals surface area (Å²) in [5.74, 6) is 0.0572. The minimum absolute atomic E-state index is 0.0572. The van der Waals surface area contributed by atoms with E-state index in [0.717, 1.165) is 22.3 Å². The van der Waals surface area contributed by atoms with Gasteiger partial charge in [0.15, 0.2) is 5.78 Å². The molecule has 2 heteroatoms. The molecule has 0 radical (unpaired) electrons. The molecule has 0 heterocycles. The van der Waals surface area contributed by atoms with E-state index in [-0.39, 0.29) is 5.78 Å². The zero-order valence-electron chi connectivity index (χ0n) is 13.5. The van der Waals surface area contributed by atoms with Crippen molar-refractivity contribution in [2.75, 3.05) is 0 Å². The summed E-state index contributed by atoms with van der Waals surface area (Å²) in [7, 11) is 0. The van der Waals surface area contributed by atoms with Gasteiger partial charge in [0.2, 0.25) is 0 Å². The van der Waals surface area contributed by atoms with E-state index in [2.05, 4.69) is 20.8 Å². The highest BCUT2D eigenvalue weighted by atomic mass is 35.5. The van der Waals surface area contributed by atoms with Crippen molar-refractivity contribution < 1.29 is 4.79 Å². The summed E-state index contributed by atoms with van der Waals surface area (Å²) < 4.78 is 0. The molecule has 0 aliphatic rings. The lowest BCUT2D eigenvalue weighted by atomic mass is 9.86. The van der Waals surface area contributed by atoms with E-state index in [9.17, 15) is 4.79 Å². The largest absolute Gasteiger partial charge is 0.289 e. The van der Waals surface area contributed by atoms with Gasteiger partial charge in [-0.3, -0.25) is 4.79 Å². The van der Waals surface area contributed by atoms with Crippen LogP contribution in [0.25, 0.3) is 0 Å². The summed E-state index contributed by atoms with van der Waals surface area (Å²) in [5, 5.41) is 0.606. The van der Waals surface area contributed by atoms with Crippen molar-refractivity contribution in [1.29, 1.82) is 0 Å². The van der Waals surface area contributed by atoms with Gasteiger partial charge in [0.05, 0.1) is 0 Å². The Balaban J connectivity index is 2.69. The molecular formula is C19H21ClO. The number of carbonyl (C=O) groups excluding carboxylic acids is 1. The highest BCUT2D eigenvalue weighted by Crippen LogP contribution is 2.28. The molecule has 0 spiro atoms. The van der Waals surface area contributed by atoms with Crippen LogP contribution < -0.4 is 0 Å². The third-order valence-electron chi connectivity index (χ3n) is 4.53. The van der Waals surface area contributed by atoms with Crippen LogP contribution in [0.5, 0.6) is 0 Å². The van der Waals surface area contributed by atoms with E-state index in [1.807, 2.05) is 32.9 Å². The molecule has 0 N–H and O–H groups in total. The molecule has 0 bridgehead atoms. The Bertz CT molecular complexity index is 692. The van der Waals surface area contributed by atoms with Crippen LogP contribution in [0.1, 0.15) is 49.3 Å². The highest BCUT2D eigenvalue weighted by Gasteiger charge is 2.19. The van der Waals surface area contributed by atoms with E-state index in [1.165, 1.54) is 16.7 Å². The number of hydrogen-bond donors (Lipinski definition) is 0. The SMILES string of the molecule is Cc1cc(Cl)cc(C(=O)c2c(C)c(C)c(C)c(C)c2C)c1. The van der Waals surface area contributed by atoms with E-state index < -0.39 is 0 Å². The van der Waals surface area contributed by atoms with Crippen LogP contribution in [0.4, 0.5) is 0 Å². The highest BCUT2D eigenvalue weighted by molar-refractivity contribution is 6.31. The molecule has 0 aliphatic heterocycles. The summed E-state index contributed by atoms with van der Waals surface area (Å²) in [6.07, 6.45) is 0. The Morgan fingerprint density at radius 1 is 0.762 bits per heavy atom. The average molecular weight is 301 g/mol. The van der Waals surface area contributed by atoms with E-state index in [0.29, 0.717) is 10.6 Å². The average Bonchev–Trinajstić information content (AvgIpc) is 2.42. The van der Waals surface area contributed by atoms with Gasteiger partial charge in [0.25, 0.3) is 0 Å². The fraction of sp³-hybridized carbons (Fsp3) is 0.316. The quantitative estimate of drug-likeness (QED) is 0.677. The van der Waals surface area contributed by atoms with Crippen LogP contribution in [0.3, 0.4) is 0 Å². The van der Waals surface area contributed by atoms with E-state index in [1.54, 1.807) is 6.07 Å². The maximum absolute atomic E-state index is 12.9. The number of halogens is 1. The maximum atomic E-state index is 12.9. The zero-order valence-corrected chi connectivity index (χ0v) is 14.3. The number of benzene rings is 2. The van der Waals surface area contributed by atoms with Crippen LogP contribution in [-0.2, 0) is 0 Å². The van der Waals surface area contributed by atoms with Crippen LogP contribution in [-0.4, -0.2) is 5.78 Å². The first kappa shape index (κ1) is 15.8. The number of hydrogen-bond acceptors (Lipinski definition) is 1. The first-order valence-corrected chi connectivity index (χ1v) is 7.50. The molecule has 0 saturated carbocycles. The summed E-state index contributed by atoms with van der Waals surface area (Å²) >= 11 is 6.10. The minimum atomic E-state index is 0.0572. The second kappa shape index (κ2) is 5.65. The molecule has 2 rings (SSSR count). The molecule has 1 nitrogen and oxygen atoms in total. The first-order valence-electron chi connectivity index (χ1n) is 7.13. The lowest BCUT2D eigenvalue weighted by Crippen LogP contribution is -2.11. The fourth-order valence-electron chi connectivity index (χ4n) is 2.85. The monoisotopic (exact) mass is 300 g/mol. The molecule has 0 aliphatic carbocycles. The van der Waals surface area contributed by atoms with Crippen molar-refractivity contribution >= 4 is 17.4 Å². The summed E-state index contributed by atoms with van der Waals surface area (Å²) in [6, 6.07) is 5.52. The van der Waals surface area contributed by atoms with Crippen molar-refractivity contribution in [1.82, 2.24) is 0 Å². The van der Waals surface area contributed by atoms with Crippen molar-refractivity contribution in [2.24, 2.45) is 0 Å². The Hall–Kier alpha value is -1.60. The van der Waals surface area contributed by atoms with Crippen molar-refractivity contribution in [2.45, 2.75) is 41.5 Å². The maximum Gasteiger partial charge on any atom is 0.193 e. The molecule has 0 atom stereocenters. The van der Waals surface area contributed by atoms with Crippen molar-refractivity contribution in [3.8, 4) is 0 Å². The van der Waals surface area contributed by atoms with Gasteiger partial charge in [0, 0.05) is 16.1 Å². The van der Waals surface area contributed by atoms with Gasteiger partial charge in [-0.2, -0.15) is 0 Å². The second-order valence-corrected chi connectivity index (χ2v) is 6.28. The summed E-state index contributed by atoms with van der Waals surface area (Å²) in [5.41, 5.74) is 8.27. The Kier molecular flexibility index (Phi) is 4.25. The first-order chi connectivity index (χ1) is 9.73. The molecule has 0 saturated heterocycles. The standard InChI is InChI=1S/C19H21ClO/c1-10-7-16(9-17(20)8-10)19(21)18-14(5)12(3)11(2)13(4)15(18)6/h7-9H,1-6H3. The summed E-state index contributed by atoms with van der Waals surface area (Å²) in [6.45, 7) is 12.3. The molecule has 0 aromatic heterocycles. The molecular weight excluding hydrogens is 280 g/mol. The molecule has 21 heavy (non-hydrogen) atoms. The molecule has 0 fully saturated rings. The number of carbonyl (C=O) groups is 1. The minimum Gasteiger partial charge on any atom is -0.289 e. The molecule has 2 aromatic rings. The second-order valence-electron chi connectivity index (χ2n) is 5.85. The number of rotatable bonds is 2. The van der Waals surface area contributed by atoms with Crippen LogP contribution in [0.2, 0.25) is 5.02 Å². The smallest absolute Gasteiger partial charge is 0.193 e. The third-order valence-corrected chi connectivity index (χ3v) is 4.75. The van der Waals surface area contributed by atoms with E-state index >= 15 is 0 Å². The lowest BCUT2D eigenvalue weighted by Gasteiger charge is -2.18. The number of aryl methyl sites for hydroxylation is 1. The molecule has 2 aromatic carbocycles. The molecule has 0 amide bonds. The van der Waals surface area contributed by atoms with Crippen LogP contribution in [0, 0.1) is 41.5 Å². The summed E-state index contributed by atoms with van der Waals surface area (Å²) in [4.78, 5) is 12.9. The van der Waals surface area contributed by atoms with Crippen molar-refractivity contribution in [3.05, 3.63) is 67.7 Å². The molecule has 0 unspecified atom stereocenters. The van der Waals surface area contributed by atoms with Gasteiger partial charge < -0.3 is 0 Å². The molecule has 110 valence electrons. The van der Waals surface area contributed by atoms with Crippen LogP contribution in [0.15, 0.2) is 18.2 Å². The predicted molar refractivity (Wildman–Crippen MR) is 89.7 cm³/mol. The van der Waals surface area contributed by atoms with Gasteiger partial charge in [-0.05, 0) is 93.1 Å². The lowest BCUT2D eigenvalue weighted by molar-refractivity contribution is 0.103. The Labute approximate surface area is 132 Å². The van der Waals surface area contributed by atoms with Gasteiger partial charge in [-0.1, -0.05) is 11.6 Å². The van der Waals surface area contributed by atoms with Gasteiger partial charge >= 0.3 is 0 Å². The van der Waals surface area contributed by atoms with E-state index in [4.69, 9.17) is 11.6 Å². The third kappa shape index (κ3) is 2.75. The fourth-order valence-corrected chi connectivity index (χ4v) is 3.14. The Morgan fingerprint density at radius 3 is 1.71 bits per heavy atom. The zero-order chi connectivity index (χ0) is 15.9. The predicted octanol–water partition coefficient (Wildman–Crippen LogP) is 5.42.